The highest BCUT2D eigenvalue weighted by molar-refractivity contribution is 6.10. The maximum absolute atomic E-state index is 11.8. The van der Waals surface area contributed by atoms with Crippen LogP contribution in [0.25, 0.3) is 0 Å². The molecule has 0 saturated carbocycles. The number of rotatable bonds is 2. The van der Waals surface area contributed by atoms with Crippen LogP contribution in [0, 0.1) is 5.92 Å². The van der Waals surface area contributed by atoms with Gasteiger partial charge in [-0.25, -0.2) is 4.79 Å². The van der Waals surface area contributed by atoms with Crippen LogP contribution in [-0.4, -0.2) is 22.8 Å². The van der Waals surface area contributed by atoms with Crippen molar-refractivity contribution in [3.63, 3.8) is 0 Å². The van der Waals surface area contributed by atoms with Crippen LogP contribution >= 0.6 is 0 Å². The largest absolute Gasteiger partial charge is 0.444 e. The zero-order valence-electron chi connectivity index (χ0n) is 10.7. The minimum atomic E-state index is -0.884. The molecule has 0 aliphatic carbocycles. The van der Waals surface area contributed by atoms with Crippen molar-refractivity contribution in [2.45, 2.75) is 26.4 Å². The molecule has 0 N–H and O–H groups in total. The lowest BCUT2D eigenvalue weighted by Gasteiger charge is -2.25. The number of hydrogen-bond acceptors (Lipinski definition) is 4. The summed E-state index contributed by atoms with van der Waals surface area (Å²) in [5.74, 6) is -0.984. The van der Waals surface area contributed by atoms with Crippen LogP contribution in [0.2, 0.25) is 0 Å². The van der Waals surface area contributed by atoms with E-state index in [9.17, 15) is 14.4 Å². The Kier molecular flexibility index (Phi) is 3.94. The van der Waals surface area contributed by atoms with E-state index in [2.05, 4.69) is 0 Å². The molecule has 1 aromatic rings. The van der Waals surface area contributed by atoms with Gasteiger partial charge in [-0.1, -0.05) is 37.3 Å². The van der Waals surface area contributed by atoms with Crippen molar-refractivity contribution in [2.75, 3.05) is 0 Å². The van der Waals surface area contributed by atoms with Crippen LogP contribution in [0.3, 0.4) is 0 Å². The predicted molar refractivity (Wildman–Crippen MR) is 66.9 cm³/mol. The predicted octanol–water partition coefficient (Wildman–Crippen LogP) is 2.11. The number of likely N-dealkylation sites (tertiary alicyclic amines) is 1. The molecular weight excluding hydrogens is 246 g/mol. The molecule has 0 unspecified atom stereocenters. The van der Waals surface area contributed by atoms with Gasteiger partial charge >= 0.3 is 6.09 Å². The summed E-state index contributed by atoms with van der Waals surface area (Å²) in [6, 6.07) is 9.10. The van der Waals surface area contributed by atoms with E-state index in [1.807, 2.05) is 25.1 Å². The molecule has 19 heavy (non-hydrogen) atoms. The summed E-state index contributed by atoms with van der Waals surface area (Å²) in [4.78, 5) is 35.7. The fourth-order valence-electron chi connectivity index (χ4n) is 1.98. The molecule has 1 saturated heterocycles. The number of carbonyl (C=O) groups excluding carboxylic acids is 3. The Morgan fingerprint density at radius 2 is 1.79 bits per heavy atom. The number of imide groups is 3. The van der Waals surface area contributed by atoms with E-state index >= 15 is 0 Å². The van der Waals surface area contributed by atoms with Gasteiger partial charge in [-0.05, 0) is 11.5 Å². The van der Waals surface area contributed by atoms with E-state index in [-0.39, 0.29) is 25.4 Å². The van der Waals surface area contributed by atoms with E-state index in [1.165, 1.54) is 0 Å². The number of benzene rings is 1. The van der Waals surface area contributed by atoms with Crippen LogP contribution in [-0.2, 0) is 20.9 Å². The fraction of sp³-hybridized carbons (Fsp3) is 0.357. The number of hydrogen-bond donors (Lipinski definition) is 0. The quantitative estimate of drug-likeness (QED) is 0.765. The highest BCUT2D eigenvalue weighted by atomic mass is 16.6. The Balaban J connectivity index is 1.96. The summed E-state index contributed by atoms with van der Waals surface area (Å²) in [7, 11) is 0. The average molecular weight is 261 g/mol. The van der Waals surface area contributed by atoms with Crippen LogP contribution in [0.15, 0.2) is 30.3 Å². The smallest absolute Gasteiger partial charge is 0.423 e. The first-order valence-corrected chi connectivity index (χ1v) is 6.14. The van der Waals surface area contributed by atoms with Crippen molar-refractivity contribution in [3.05, 3.63) is 35.9 Å². The van der Waals surface area contributed by atoms with Gasteiger partial charge in [0.05, 0.1) is 0 Å². The molecule has 0 bridgehead atoms. The first-order chi connectivity index (χ1) is 9.08. The minimum Gasteiger partial charge on any atom is -0.444 e. The summed E-state index contributed by atoms with van der Waals surface area (Å²) in [5.41, 5.74) is 0.807. The third-order valence-electron chi connectivity index (χ3n) is 2.93. The van der Waals surface area contributed by atoms with Crippen molar-refractivity contribution >= 4 is 17.9 Å². The molecule has 0 spiro atoms. The highest BCUT2D eigenvalue weighted by Crippen LogP contribution is 2.19. The minimum absolute atomic E-state index is 0.0156. The van der Waals surface area contributed by atoms with E-state index in [4.69, 9.17) is 4.74 Å². The molecule has 1 aromatic carbocycles. The lowest BCUT2D eigenvalue weighted by atomic mass is 9.98. The zero-order chi connectivity index (χ0) is 13.8. The van der Waals surface area contributed by atoms with Crippen molar-refractivity contribution in [3.8, 4) is 0 Å². The molecule has 3 amide bonds. The SMILES string of the molecule is CC1CC(=O)N(C(=O)OCc2ccccc2)C(=O)C1. The Morgan fingerprint density at radius 1 is 1.21 bits per heavy atom. The van der Waals surface area contributed by atoms with Crippen LogP contribution in [0.1, 0.15) is 25.3 Å². The molecule has 1 aliphatic rings. The van der Waals surface area contributed by atoms with E-state index in [0.29, 0.717) is 4.90 Å². The standard InChI is InChI=1S/C14H15NO4/c1-10-7-12(16)15(13(17)8-10)14(18)19-9-11-5-3-2-4-6-11/h2-6,10H,7-9H2,1H3. The second kappa shape index (κ2) is 5.65. The number of ether oxygens (including phenoxy) is 1. The lowest BCUT2D eigenvalue weighted by molar-refractivity contribution is -0.147. The summed E-state index contributed by atoms with van der Waals surface area (Å²) in [6.45, 7) is 1.86. The molecular formula is C14H15NO4. The van der Waals surface area contributed by atoms with Crippen molar-refractivity contribution in [1.82, 2.24) is 4.90 Å². The number of nitrogens with zero attached hydrogens (tertiary/aromatic N) is 1. The Hall–Kier alpha value is -2.17. The maximum Gasteiger partial charge on any atom is 0.423 e. The van der Waals surface area contributed by atoms with Crippen molar-refractivity contribution < 1.29 is 19.1 Å². The highest BCUT2D eigenvalue weighted by Gasteiger charge is 2.36. The van der Waals surface area contributed by atoms with E-state index in [1.54, 1.807) is 12.1 Å². The molecule has 1 fully saturated rings. The van der Waals surface area contributed by atoms with Crippen LogP contribution < -0.4 is 0 Å². The molecule has 0 aromatic heterocycles. The van der Waals surface area contributed by atoms with Gasteiger partial charge in [0, 0.05) is 12.8 Å². The third kappa shape index (κ3) is 3.19. The lowest BCUT2D eigenvalue weighted by Crippen LogP contribution is -2.46. The molecule has 1 heterocycles. The molecule has 100 valence electrons. The summed E-state index contributed by atoms with van der Waals surface area (Å²) in [5, 5.41) is 0. The first kappa shape index (κ1) is 13.3. The second-order valence-electron chi connectivity index (χ2n) is 4.68. The number of piperidine rings is 1. The van der Waals surface area contributed by atoms with Crippen molar-refractivity contribution in [2.24, 2.45) is 5.92 Å². The molecule has 0 atom stereocenters. The van der Waals surface area contributed by atoms with E-state index < -0.39 is 17.9 Å². The molecule has 5 heteroatoms. The molecule has 2 rings (SSSR count). The van der Waals surface area contributed by atoms with Gasteiger partial charge in [-0.15, -0.1) is 0 Å². The average Bonchev–Trinajstić information content (AvgIpc) is 2.36. The second-order valence-corrected chi connectivity index (χ2v) is 4.68. The maximum atomic E-state index is 11.8. The van der Waals surface area contributed by atoms with E-state index in [0.717, 1.165) is 5.56 Å². The zero-order valence-corrected chi connectivity index (χ0v) is 10.7. The monoisotopic (exact) mass is 261 g/mol. The van der Waals surface area contributed by atoms with Gasteiger partial charge in [0.25, 0.3) is 0 Å². The first-order valence-electron chi connectivity index (χ1n) is 6.14. The summed E-state index contributed by atoms with van der Waals surface area (Å²) < 4.78 is 4.99. The Morgan fingerprint density at radius 3 is 2.37 bits per heavy atom. The summed E-state index contributed by atoms with van der Waals surface area (Å²) in [6.07, 6.45) is -0.482. The van der Waals surface area contributed by atoms with Crippen molar-refractivity contribution in [1.29, 1.82) is 0 Å². The Labute approximate surface area is 111 Å². The van der Waals surface area contributed by atoms with Gasteiger partial charge < -0.3 is 4.74 Å². The Bertz CT molecular complexity index is 479. The number of carbonyl (C=O) groups is 3. The van der Waals surface area contributed by atoms with Gasteiger partial charge in [0.1, 0.15) is 6.61 Å². The van der Waals surface area contributed by atoms with Gasteiger partial charge in [0.15, 0.2) is 0 Å². The normalized spacial score (nSPS) is 16.6. The van der Waals surface area contributed by atoms with Gasteiger partial charge in [-0.3, -0.25) is 9.59 Å². The van der Waals surface area contributed by atoms with Gasteiger partial charge in [-0.2, -0.15) is 4.90 Å². The topological polar surface area (TPSA) is 63.7 Å². The third-order valence-corrected chi connectivity index (χ3v) is 2.93. The number of amides is 3. The summed E-state index contributed by atoms with van der Waals surface area (Å²) >= 11 is 0. The van der Waals surface area contributed by atoms with Crippen LogP contribution in [0.5, 0.6) is 0 Å². The molecule has 5 nitrogen and oxygen atoms in total. The van der Waals surface area contributed by atoms with Gasteiger partial charge in [0.2, 0.25) is 11.8 Å². The molecule has 1 aliphatic heterocycles. The molecule has 0 radical (unpaired) electrons. The van der Waals surface area contributed by atoms with Crippen LogP contribution in [0.4, 0.5) is 4.79 Å². The fourth-order valence-corrected chi connectivity index (χ4v) is 1.98.